The van der Waals surface area contributed by atoms with E-state index in [2.05, 4.69) is 0 Å². The summed E-state index contributed by atoms with van der Waals surface area (Å²) >= 11 is 11.9. The van der Waals surface area contributed by atoms with Gasteiger partial charge in [-0.05, 0) is 47.1 Å². The Morgan fingerprint density at radius 1 is 1.04 bits per heavy atom. The molecule has 0 spiro atoms. The van der Waals surface area contributed by atoms with E-state index in [9.17, 15) is 22.9 Å². The second-order valence-corrected chi connectivity index (χ2v) is 7.80. The maximum Gasteiger partial charge on any atom is 0.197 e. The first kappa shape index (κ1) is 19.4. The van der Waals surface area contributed by atoms with E-state index in [4.69, 9.17) is 23.2 Å². The standard InChI is InChI=1S/C19H12Cl2O5S/c20-14-9-11(5-7-16(14)22)19(12-6-8-17(23)15(21)10-12)13-3-1-2-4-18(13)27(24,25)26/h1-10,22H,(H,24,25,26)/p-1. The van der Waals surface area contributed by atoms with E-state index in [1.165, 1.54) is 54.6 Å². The highest BCUT2D eigenvalue weighted by Gasteiger charge is 2.20. The van der Waals surface area contributed by atoms with Gasteiger partial charge in [0.1, 0.15) is 15.9 Å². The Morgan fingerprint density at radius 3 is 2.37 bits per heavy atom. The van der Waals surface area contributed by atoms with Crippen molar-refractivity contribution >= 4 is 44.7 Å². The van der Waals surface area contributed by atoms with Crippen molar-refractivity contribution in [3.05, 3.63) is 87.4 Å². The number of hydrogen-bond acceptors (Lipinski definition) is 5. The topological polar surface area (TPSA) is 94.5 Å². The summed E-state index contributed by atoms with van der Waals surface area (Å²) < 4.78 is 35.3. The van der Waals surface area contributed by atoms with Crippen molar-refractivity contribution in [2.75, 3.05) is 0 Å². The van der Waals surface area contributed by atoms with Gasteiger partial charge in [0.05, 0.1) is 15.0 Å². The molecule has 1 aliphatic rings. The number of allylic oxidation sites excluding steroid dienone is 5. The molecule has 0 heterocycles. The number of carbonyl (C=O) groups is 1. The number of phenolic OH excluding ortho intramolecular Hbond substituents is 1. The molecule has 0 saturated carbocycles. The lowest BCUT2D eigenvalue weighted by Gasteiger charge is -2.19. The maximum absolute atomic E-state index is 11.8. The molecule has 0 amide bonds. The Hall–Kier alpha value is -2.38. The summed E-state index contributed by atoms with van der Waals surface area (Å²) in [5.74, 6) is -0.550. The summed E-state index contributed by atoms with van der Waals surface area (Å²) in [5, 5.41) is 9.66. The van der Waals surface area contributed by atoms with Gasteiger partial charge in [-0.15, -0.1) is 0 Å². The quantitative estimate of drug-likeness (QED) is 0.755. The van der Waals surface area contributed by atoms with Crippen LogP contribution in [0, 0.1) is 0 Å². The Bertz CT molecular complexity index is 1140. The summed E-state index contributed by atoms with van der Waals surface area (Å²) in [6.45, 7) is 0. The molecule has 0 radical (unpaired) electrons. The van der Waals surface area contributed by atoms with Gasteiger partial charge in [-0.3, -0.25) is 4.79 Å². The number of halogens is 2. The van der Waals surface area contributed by atoms with Crippen molar-refractivity contribution in [3.63, 3.8) is 0 Å². The van der Waals surface area contributed by atoms with Crippen LogP contribution in [-0.2, 0) is 14.9 Å². The van der Waals surface area contributed by atoms with Crippen molar-refractivity contribution in [1.82, 2.24) is 0 Å². The number of hydrogen-bond donors (Lipinski definition) is 1. The lowest BCUT2D eigenvalue weighted by atomic mass is 9.91. The minimum absolute atomic E-state index is 0.0407. The molecule has 0 fully saturated rings. The zero-order chi connectivity index (χ0) is 19.8. The predicted octanol–water partition coefficient (Wildman–Crippen LogP) is 4.01. The Labute approximate surface area is 165 Å². The highest BCUT2D eigenvalue weighted by molar-refractivity contribution is 7.85. The van der Waals surface area contributed by atoms with Crippen LogP contribution < -0.4 is 0 Å². The van der Waals surface area contributed by atoms with Gasteiger partial charge < -0.3 is 9.66 Å². The smallest absolute Gasteiger partial charge is 0.197 e. The zero-order valence-electron chi connectivity index (χ0n) is 13.5. The first-order valence-corrected chi connectivity index (χ1v) is 9.73. The van der Waals surface area contributed by atoms with E-state index in [1.807, 2.05) is 0 Å². The third kappa shape index (κ3) is 3.99. The molecule has 5 nitrogen and oxygen atoms in total. The summed E-state index contributed by atoms with van der Waals surface area (Å²) in [6, 6.07) is 9.97. The molecular weight excluding hydrogens is 411 g/mol. The number of carbonyl (C=O) groups excluding carboxylic acids is 1. The van der Waals surface area contributed by atoms with Crippen LogP contribution in [0.3, 0.4) is 0 Å². The Kier molecular flexibility index (Phi) is 5.26. The fraction of sp³-hybridized carbons (Fsp3) is 0. The fourth-order valence-electron chi connectivity index (χ4n) is 2.69. The molecule has 0 saturated heterocycles. The fourth-order valence-corrected chi connectivity index (χ4v) is 3.73. The van der Waals surface area contributed by atoms with Crippen molar-refractivity contribution < 1.29 is 22.9 Å². The second-order valence-electron chi connectivity index (χ2n) is 5.64. The van der Waals surface area contributed by atoms with Crippen LogP contribution in [0.4, 0.5) is 0 Å². The van der Waals surface area contributed by atoms with E-state index in [1.54, 1.807) is 6.07 Å². The molecule has 3 rings (SSSR count). The normalized spacial score (nSPS) is 16.3. The van der Waals surface area contributed by atoms with Gasteiger partial charge in [-0.2, -0.15) is 0 Å². The van der Waals surface area contributed by atoms with Crippen LogP contribution in [0.1, 0.15) is 11.1 Å². The monoisotopic (exact) mass is 421 g/mol. The van der Waals surface area contributed by atoms with E-state index in [-0.39, 0.29) is 21.4 Å². The molecule has 0 unspecified atom stereocenters. The van der Waals surface area contributed by atoms with Crippen LogP contribution in [0.15, 0.2) is 76.2 Å². The number of phenols is 1. The molecule has 2 aromatic carbocycles. The Balaban J connectivity index is 2.40. The zero-order valence-corrected chi connectivity index (χ0v) is 15.8. The van der Waals surface area contributed by atoms with Crippen LogP contribution in [0.2, 0.25) is 5.02 Å². The summed E-state index contributed by atoms with van der Waals surface area (Å²) in [4.78, 5) is 11.2. The molecule has 0 aliphatic heterocycles. The first-order chi connectivity index (χ1) is 12.7. The van der Waals surface area contributed by atoms with E-state index >= 15 is 0 Å². The molecule has 138 valence electrons. The van der Waals surface area contributed by atoms with Crippen LogP contribution in [0.5, 0.6) is 5.75 Å². The average molecular weight is 422 g/mol. The molecule has 0 aromatic heterocycles. The van der Waals surface area contributed by atoms with Gasteiger partial charge >= 0.3 is 0 Å². The minimum Gasteiger partial charge on any atom is -0.744 e. The number of benzene rings is 2. The summed E-state index contributed by atoms with van der Waals surface area (Å²) in [6.07, 6.45) is 4.10. The molecule has 27 heavy (non-hydrogen) atoms. The van der Waals surface area contributed by atoms with E-state index in [0.717, 1.165) is 0 Å². The first-order valence-electron chi connectivity index (χ1n) is 7.56. The SMILES string of the molecule is O=C1C=CC(=C(c2ccc(O)c(Cl)c2)c2ccccc2S(=O)(=O)[O-])C=C1Cl. The second kappa shape index (κ2) is 7.32. The predicted molar refractivity (Wildman–Crippen MR) is 102 cm³/mol. The molecule has 2 aromatic rings. The van der Waals surface area contributed by atoms with Gasteiger partial charge in [0, 0.05) is 5.56 Å². The summed E-state index contributed by atoms with van der Waals surface area (Å²) in [5.41, 5.74) is 1.30. The molecule has 1 N–H and O–H groups in total. The third-order valence-corrected chi connectivity index (χ3v) is 5.38. The molecule has 1 aliphatic carbocycles. The number of rotatable bonds is 3. The number of aromatic hydroxyl groups is 1. The van der Waals surface area contributed by atoms with Gasteiger partial charge in [0.15, 0.2) is 5.78 Å². The molecule has 0 bridgehead atoms. The van der Waals surface area contributed by atoms with E-state index < -0.39 is 20.8 Å². The highest BCUT2D eigenvalue weighted by atomic mass is 35.5. The van der Waals surface area contributed by atoms with Gasteiger partial charge in [0.2, 0.25) is 0 Å². The largest absolute Gasteiger partial charge is 0.744 e. The lowest BCUT2D eigenvalue weighted by Crippen LogP contribution is -2.06. The van der Waals surface area contributed by atoms with Crippen molar-refractivity contribution in [2.24, 2.45) is 0 Å². The number of ketones is 1. The Morgan fingerprint density at radius 2 is 1.74 bits per heavy atom. The minimum atomic E-state index is -4.78. The summed E-state index contributed by atoms with van der Waals surface area (Å²) in [7, 11) is -4.78. The van der Waals surface area contributed by atoms with E-state index in [0.29, 0.717) is 16.7 Å². The molecular formula is C19H11Cl2O5S-. The molecule has 0 atom stereocenters. The van der Waals surface area contributed by atoms with Crippen molar-refractivity contribution in [2.45, 2.75) is 4.90 Å². The third-order valence-electron chi connectivity index (χ3n) is 3.88. The van der Waals surface area contributed by atoms with Crippen molar-refractivity contribution in [3.8, 4) is 5.75 Å². The van der Waals surface area contributed by atoms with Crippen molar-refractivity contribution in [1.29, 1.82) is 0 Å². The van der Waals surface area contributed by atoms with Gasteiger partial charge in [-0.1, -0.05) is 53.5 Å². The highest BCUT2D eigenvalue weighted by Crippen LogP contribution is 2.37. The molecule has 8 heteroatoms. The van der Waals surface area contributed by atoms with Crippen LogP contribution in [0.25, 0.3) is 5.57 Å². The lowest BCUT2D eigenvalue weighted by molar-refractivity contribution is -0.110. The maximum atomic E-state index is 11.8. The van der Waals surface area contributed by atoms with Gasteiger partial charge in [0.25, 0.3) is 0 Å². The average Bonchev–Trinajstić information content (AvgIpc) is 2.61. The van der Waals surface area contributed by atoms with Gasteiger partial charge in [-0.25, -0.2) is 8.42 Å². The van der Waals surface area contributed by atoms with Crippen LogP contribution in [-0.4, -0.2) is 23.9 Å². The van der Waals surface area contributed by atoms with Crippen LogP contribution >= 0.6 is 23.2 Å².